The summed E-state index contributed by atoms with van der Waals surface area (Å²) in [5, 5.41) is 0. The summed E-state index contributed by atoms with van der Waals surface area (Å²) in [4.78, 5) is 10.4. The molecule has 0 saturated carbocycles. The highest BCUT2D eigenvalue weighted by Crippen LogP contribution is 2.10. The summed E-state index contributed by atoms with van der Waals surface area (Å²) in [6.45, 7) is 17.2. The Morgan fingerprint density at radius 3 is 0.714 bits per heavy atom. The number of hydrogen-bond donors (Lipinski definition) is 0. The molecule has 0 fully saturated rings. The van der Waals surface area contributed by atoms with Crippen LogP contribution in [-0.2, 0) is 61.9 Å². The van der Waals surface area contributed by atoms with Gasteiger partial charge < -0.3 is 52.1 Å². The summed E-state index contributed by atoms with van der Waals surface area (Å²) in [6.07, 6.45) is 13.1. The van der Waals surface area contributed by atoms with Gasteiger partial charge in [0.1, 0.15) is 6.61 Å². The molecule has 49 heavy (non-hydrogen) atoms. The van der Waals surface area contributed by atoms with E-state index in [1.165, 1.54) is 57.8 Å². The third-order valence-corrected chi connectivity index (χ3v) is 6.90. The topological polar surface area (TPSA) is 120 Å². The predicted molar refractivity (Wildman–Crippen MR) is 188 cm³/mol. The molecule has 0 unspecified atom stereocenters. The van der Waals surface area contributed by atoms with E-state index < -0.39 is 0 Å². The number of ether oxygens (including phenoxy) is 11. The van der Waals surface area contributed by atoms with E-state index in [0.29, 0.717) is 159 Å². The SMILES string of the molecule is CCCCCCCCCCCCOOCCOCCOCCOCCOCCOCCOCCOCCOCCOCCOCCOCC. The van der Waals surface area contributed by atoms with Gasteiger partial charge in [0, 0.05) is 6.61 Å². The zero-order valence-electron chi connectivity index (χ0n) is 31.3. The highest BCUT2D eigenvalue weighted by molar-refractivity contribution is 4.47. The van der Waals surface area contributed by atoms with E-state index in [2.05, 4.69) is 6.92 Å². The second-order valence-corrected chi connectivity index (χ2v) is 11.1. The van der Waals surface area contributed by atoms with Crippen LogP contribution < -0.4 is 0 Å². The van der Waals surface area contributed by atoms with E-state index in [9.17, 15) is 0 Å². The van der Waals surface area contributed by atoms with Crippen molar-refractivity contribution >= 4 is 0 Å². The minimum Gasteiger partial charge on any atom is -0.379 e. The van der Waals surface area contributed by atoms with E-state index in [-0.39, 0.29) is 0 Å². The average Bonchev–Trinajstić information content (AvgIpc) is 3.11. The van der Waals surface area contributed by atoms with Crippen molar-refractivity contribution in [1.29, 1.82) is 0 Å². The van der Waals surface area contributed by atoms with E-state index in [4.69, 9.17) is 61.9 Å². The van der Waals surface area contributed by atoms with Crippen LogP contribution in [0.3, 0.4) is 0 Å². The van der Waals surface area contributed by atoms with Crippen LogP contribution in [0.5, 0.6) is 0 Å². The van der Waals surface area contributed by atoms with Gasteiger partial charge in [-0.05, 0) is 13.3 Å². The molecule has 0 rings (SSSR count). The summed E-state index contributed by atoms with van der Waals surface area (Å²) in [7, 11) is 0. The number of rotatable bonds is 46. The second-order valence-electron chi connectivity index (χ2n) is 11.1. The molecule has 0 spiro atoms. The van der Waals surface area contributed by atoms with Crippen LogP contribution in [0, 0.1) is 0 Å². The van der Waals surface area contributed by atoms with Crippen molar-refractivity contribution < 1.29 is 61.9 Å². The molecule has 0 heterocycles. The molecule has 0 aromatic rings. The fourth-order valence-electron chi connectivity index (χ4n) is 4.20. The van der Waals surface area contributed by atoms with Crippen LogP contribution in [-0.4, -0.2) is 159 Å². The third-order valence-electron chi connectivity index (χ3n) is 6.90. The molecule has 0 aliphatic carbocycles. The first-order valence-corrected chi connectivity index (χ1v) is 19.0. The van der Waals surface area contributed by atoms with E-state index >= 15 is 0 Å². The van der Waals surface area contributed by atoms with Crippen molar-refractivity contribution in [2.75, 3.05) is 159 Å². The number of hydrogen-bond acceptors (Lipinski definition) is 13. The summed E-state index contributed by atoms with van der Waals surface area (Å²) >= 11 is 0. The maximum Gasteiger partial charge on any atom is 0.106 e. The monoisotopic (exact) mass is 715 g/mol. The van der Waals surface area contributed by atoms with Crippen molar-refractivity contribution in [3.05, 3.63) is 0 Å². The second kappa shape index (κ2) is 47.5. The number of unbranched alkanes of at least 4 members (excludes halogenated alkanes) is 9. The van der Waals surface area contributed by atoms with Gasteiger partial charge >= 0.3 is 0 Å². The molecule has 0 aromatic heterocycles. The molecular formula is C36H74O13. The Bertz CT molecular complexity index is 517. The van der Waals surface area contributed by atoms with Gasteiger partial charge in [0.2, 0.25) is 0 Å². The van der Waals surface area contributed by atoms with Crippen molar-refractivity contribution in [1.82, 2.24) is 0 Å². The normalized spacial score (nSPS) is 11.6. The van der Waals surface area contributed by atoms with Crippen molar-refractivity contribution in [3.63, 3.8) is 0 Å². The van der Waals surface area contributed by atoms with Gasteiger partial charge in [-0.2, -0.15) is 0 Å². The molecule has 0 aromatic carbocycles. The molecule has 0 aliphatic heterocycles. The molecule has 0 saturated heterocycles. The van der Waals surface area contributed by atoms with Crippen molar-refractivity contribution in [2.24, 2.45) is 0 Å². The summed E-state index contributed by atoms with van der Waals surface area (Å²) in [5.41, 5.74) is 0. The Balaban J connectivity index is 3.04. The highest BCUT2D eigenvalue weighted by Gasteiger charge is 1.98. The van der Waals surface area contributed by atoms with Gasteiger partial charge in [0.05, 0.1) is 145 Å². The van der Waals surface area contributed by atoms with Gasteiger partial charge in [-0.3, -0.25) is 0 Å². The van der Waals surface area contributed by atoms with Crippen LogP contribution in [0.1, 0.15) is 78.1 Å². The molecule has 0 amide bonds. The molecule has 13 nitrogen and oxygen atoms in total. The van der Waals surface area contributed by atoms with Crippen molar-refractivity contribution in [3.8, 4) is 0 Å². The molecule has 0 atom stereocenters. The molecule has 0 radical (unpaired) electrons. The van der Waals surface area contributed by atoms with Gasteiger partial charge in [-0.15, -0.1) is 0 Å². The third kappa shape index (κ3) is 47.5. The summed E-state index contributed by atoms with van der Waals surface area (Å²) in [6, 6.07) is 0. The van der Waals surface area contributed by atoms with E-state index in [1.54, 1.807) is 0 Å². The van der Waals surface area contributed by atoms with Gasteiger partial charge in [0.15, 0.2) is 0 Å². The van der Waals surface area contributed by atoms with Gasteiger partial charge in [0.25, 0.3) is 0 Å². The summed E-state index contributed by atoms with van der Waals surface area (Å²) < 4.78 is 59.9. The minimum atomic E-state index is 0.429. The Morgan fingerprint density at radius 2 is 0.429 bits per heavy atom. The van der Waals surface area contributed by atoms with Crippen LogP contribution in [0.2, 0.25) is 0 Å². The maximum atomic E-state index is 5.50. The Hall–Kier alpha value is -0.520. The highest BCUT2D eigenvalue weighted by atomic mass is 17.2. The van der Waals surface area contributed by atoms with Crippen LogP contribution in [0.4, 0.5) is 0 Å². The van der Waals surface area contributed by atoms with Crippen LogP contribution in [0.15, 0.2) is 0 Å². The molecule has 13 heteroatoms. The zero-order chi connectivity index (χ0) is 35.2. The zero-order valence-corrected chi connectivity index (χ0v) is 31.3. The molecule has 0 bridgehead atoms. The van der Waals surface area contributed by atoms with E-state index in [1.807, 2.05) is 6.92 Å². The Labute approximate surface area is 298 Å². The largest absolute Gasteiger partial charge is 0.379 e. The molecule has 0 N–H and O–H groups in total. The van der Waals surface area contributed by atoms with Crippen molar-refractivity contribution in [2.45, 2.75) is 78.1 Å². The molecular weight excluding hydrogens is 640 g/mol. The Morgan fingerprint density at radius 1 is 0.204 bits per heavy atom. The fourth-order valence-corrected chi connectivity index (χ4v) is 4.20. The lowest BCUT2D eigenvalue weighted by molar-refractivity contribution is -0.299. The quantitative estimate of drug-likeness (QED) is 0.0475. The van der Waals surface area contributed by atoms with Gasteiger partial charge in [-0.1, -0.05) is 64.7 Å². The molecule has 296 valence electrons. The smallest absolute Gasteiger partial charge is 0.106 e. The summed E-state index contributed by atoms with van der Waals surface area (Å²) in [5.74, 6) is 0. The first-order valence-electron chi connectivity index (χ1n) is 19.0. The minimum absolute atomic E-state index is 0.429. The lowest BCUT2D eigenvalue weighted by Gasteiger charge is -2.09. The first-order chi connectivity index (χ1) is 24.4. The molecule has 0 aliphatic rings. The standard InChI is InChI=1S/C36H74O13/c1-3-5-6-7-8-9-10-11-12-13-14-48-49-36-35-47-34-33-46-32-31-45-30-29-44-28-27-43-26-25-42-24-23-41-22-21-40-20-19-39-18-17-38-16-15-37-4-2/h3-36H2,1-2H3. The van der Waals surface area contributed by atoms with Crippen LogP contribution in [0.25, 0.3) is 0 Å². The fraction of sp³-hybridized carbons (Fsp3) is 1.00. The van der Waals surface area contributed by atoms with E-state index in [0.717, 1.165) is 6.42 Å². The lowest BCUT2D eigenvalue weighted by Crippen LogP contribution is -2.15. The van der Waals surface area contributed by atoms with Gasteiger partial charge in [-0.25, -0.2) is 9.78 Å². The van der Waals surface area contributed by atoms with Crippen LogP contribution >= 0.6 is 0 Å². The first kappa shape index (κ1) is 48.5. The maximum absolute atomic E-state index is 5.50. The lowest BCUT2D eigenvalue weighted by atomic mass is 10.1. The average molecular weight is 715 g/mol. The predicted octanol–water partition coefficient (Wildman–Crippen LogP) is 5.06. The Kier molecular flexibility index (Phi) is 47.0.